The van der Waals surface area contributed by atoms with E-state index < -0.39 is 91.1 Å². The summed E-state index contributed by atoms with van der Waals surface area (Å²) in [5, 5.41) is 38.7. The van der Waals surface area contributed by atoms with Crippen LogP contribution in [0, 0.1) is 24.7 Å². The smallest absolute Gasteiger partial charge is 0.333 e. The van der Waals surface area contributed by atoms with Crippen LogP contribution in [-0.2, 0) is 27.2 Å². The third kappa shape index (κ3) is 6.73. The van der Waals surface area contributed by atoms with E-state index in [0.29, 0.717) is 14.7 Å². The molecule has 3 aliphatic rings. The summed E-state index contributed by atoms with van der Waals surface area (Å²) >= 11 is 3.01. The number of carbonyl (C=O) groups is 1. The van der Waals surface area contributed by atoms with Crippen molar-refractivity contribution >= 4 is 50.7 Å². The van der Waals surface area contributed by atoms with Gasteiger partial charge >= 0.3 is 5.69 Å². The highest BCUT2D eigenvalue weighted by atomic mass is 79.9. The first-order valence-corrected chi connectivity index (χ1v) is 15.6. The molecule has 0 unspecified atom stereocenters. The van der Waals surface area contributed by atoms with Crippen molar-refractivity contribution in [2.45, 2.75) is 62.2 Å². The van der Waals surface area contributed by atoms with Crippen molar-refractivity contribution < 1.29 is 43.5 Å². The monoisotopic (exact) mass is 787 g/mol. The fraction of sp³-hybridized carbons (Fsp3) is 0.481. The lowest BCUT2D eigenvalue weighted by Crippen LogP contribution is -2.46. The van der Waals surface area contributed by atoms with Gasteiger partial charge in [-0.1, -0.05) is 27.8 Å². The summed E-state index contributed by atoms with van der Waals surface area (Å²) in [6.45, 7) is -1.67. The summed E-state index contributed by atoms with van der Waals surface area (Å²) in [6, 6.07) is 0. The molecule has 3 aromatic rings. The maximum absolute atomic E-state index is 14.0. The number of rotatable bonds is 5. The molecule has 3 aliphatic heterocycles. The number of carbonyl (C=O) groups excluding carboxylic acids is 1. The molecule has 51 heavy (non-hydrogen) atoms. The number of nitrogen functional groups attached to an aromatic ring is 4. The van der Waals surface area contributed by atoms with Crippen molar-refractivity contribution in [1.82, 2.24) is 28.5 Å². The molecule has 0 aliphatic carbocycles. The number of anilines is 3. The van der Waals surface area contributed by atoms with Gasteiger partial charge in [-0.3, -0.25) is 23.9 Å². The van der Waals surface area contributed by atoms with E-state index in [0.717, 1.165) is 14.0 Å². The summed E-state index contributed by atoms with van der Waals surface area (Å²) < 4.78 is 41.0. The molecule has 21 nitrogen and oxygen atoms in total. The lowest BCUT2D eigenvalue weighted by molar-refractivity contribution is -0.121. The number of hydrogen-bond acceptors (Lipinski definition) is 16. The SMILES string of the molecule is C#CCBr.C#CCn1c(=O)n([C@@H]2O[C@H](CO)[C@@H](F)[C@H]2O)c2nc(N)n(N)c(=O)c21.Nc1nc2c(c(=O)n1N)CC(=O)N2[C@@H]1O[C@H](CO)[C@@H](F)[C@H]1O. The van der Waals surface area contributed by atoms with Gasteiger partial charge in [0, 0.05) is 0 Å². The predicted octanol–water partition coefficient (Wildman–Crippen LogP) is -5.26. The number of terminal acetylenes is 2. The predicted molar refractivity (Wildman–Crippen MR) is 177 cm³/mol. The highest BCUT2D eigenvalue weighted by molar-refractivity contribution is 9.09. The van der Waals surface area contributed by atoms with Crippen LogP contribution in [-0.4, -0.2) is 116 Å². The molecule has 0 saturated carbocycles. The molecule has 24 heteroatoms. The topological polar surface area (TPSA) is 320 Å². The zero-order valence-corrected chi connectivity index (χ0v) is 27.7. The summed E-state index contributed by atoms with van der Waals surface area (Å²) in [4.78, 5) is 57.7. The molecule has 0 bridgehead atoms. The first-order chi connectivity index (χ1) is 24.1. The highest BCUT2D eigenvalue weighted by Gasteiger charge is 2.51. The van der Waals surface area contributed by atoms with Crippen molar-refractivity contribution in [3.8, 4) is 24.7 Å². The van der Waals surface area contributed by atoms with Gasteiger partial charge in [0.1, 0.15) is 24.4 Å². The van der Waals surface area contributed by atoms with E-state index in [4.69, 9.17) is 55.7 Å². The van der Waals surface area contributed by atoms with Crippen LogP contribution in [0.2, 0.25) is 0 Å². The van der Waals surface area contributed by atoms with E-state index in [1.165, 1.54) is 0 Å². The average molecular weight is 789 g/mol. The number of aliphatic hydroxyl groups is 4. The number of amides is 1. The first-order valence-electron chi connectivity index (χ1n) is 14.5. The first kappa shape index (κ1) is 38.7. The van der Waals surface area contributed by atoms with E-state index in [1.807, 2.05) is 0 Å². The Morgan fingerprint density at radius 2 is 1.39 bits per heavy atom. The normalized spacial score (nSPS) is 26.5. The number of halogens is 3. The third-order valence-electron chi connectivity index (χ3n) is 7.85. The number of nitrogens with zero attached hydrogens (tertiary/aromatic N) is 7. The van der Waals surface area contributed by atoms with E-state index in [-0.39, 0.29) is 41.5 Å². The maximum Gasteiger partial charge on any atom is 0.333 e. The van der Waals surface area contributed by atoms with Gasteiger partial charge in [-0.05, 0) is 0 Å². The largest absolute Gasteiger partial charge is 0.394 e. The Morgan fingerprint density at radius 3 is 1.90 bits per heavy atom. The number of alkyl halides is 3. The van der Waals surface area contributed by atoms with Gasteiger partial charge in [-0.25, -0.2) is 18.1 Å². The average Bonchev–Trinajstić information content (AvgIpc) is 3.78. The minimum absolute atomic E-state index is 0.0136. The van der Waals surface area contributed by atoms with E-state index in [2.05, 4.69) is 37.7 Å². The molecule has 0 radical (unpaired) electrons. The molecule has 0 spiro atoms. The van der Waals surface area contributed by atoms with Gasteiger partial charge in [0.05, 0.1) is 37.1 Å². The Bertz CT molecular complexity index is 2080. The van der Waals surface area contributed by atoms with Crippen molar-refractivity contribution in [2.24, 2.45) is 0 Å². The Balaban J connectivity index is 0.000000208. The Labute approximate surface area is 292 Å². The van der Waals surface area contributed by atoms with Crippen LogP contribution in [0.5, 0.6) is 0 Å². The molecular formula is C27H32BrF2N11O10. The van der Waals surface area contributed by atoms with Gasteiger partial charge in [0.25, 0.3) is 11.1 Å². The fourth-order valence-corrected chi connectivity index (χ4v) is 5.40. The second kappa shape index (κ2) is 15.4. The standard InChI is InChI=1S/C13H15FN6O5.C11H14FN5O5.C3H3Br/c1-2-3-18-7-9(17-12(15)20(16)10(7)23)19(13(18)24)11-8(22)6(14)5(4-21)25-11;12-6-4(2-18)22-10(7(6)20)16-5(19)1-3-8(16)15-11(13)17(14)9(3)21;1-2-3-4/h1,5-6,8,11,21-22H,3-4,16H2,(H2,15,17);4,6-7,10,18,20H,1-2,14H2,(H2,13,15);1H,3H2/t5-,6-,8-,11-;4-,6-,7-,10-;/m11./s1. The maximum atomic E-state index is 14.0. The quantitative estimate of drug-likeness (QED) is 0.0680. The summed E-state index contributed by atoms with van der Waals surface area (Å²) in [5.74, 6) is 14.0. The number of hydrogen-bond donors (Lipinski definition) is 8. The third-order valence-corrected chi connectivity index (χ3v) is 8.17. The van der Waals surface area contributed by atoms with Crippen LogP contribution < -0.4 is 44.9 Å². The summed E-state index contributed by atoms with van der Waals surface area (Å²) in [6.07, 6.45) is -3.19. The molecule has 2 saturated heterocycles. The zero-order valence-electron chi connectivity index (χ0n) is 26.1. The molecule has 276 valence electrons. The molecule has 3 aromatic heterocycles. The minimum atomic E-state index is -1.94. The lowest BCUT2D eigenvalue weighted by Gasteiger charge is -2.25. The van der Waals surface area contributed by atoms with Gasteiger partial charge in [-0.2, -0.15) is 19.3 Å². The molecule has 2 fully saturated rings. The Kier molecular flexibility index (Phi) is 11.7. The van der Waals surface area contributed by atoms with E-state index in [9.17, 15) is 38.2 Å². The number of aliphatic hydroxyl groups excluding tert-OH is 4. The van der Waals surface area contributed by atoms with Gasteiger partial charge in [0.15, 0.2) is 41.8 Å². The van der Waals surface area contributed by atoms with Gasteiger partial charge in [0.2, 0.25) is 17.8 Å². The molecule has 6 heterocycles. The van der Waals surface area contributed by atoms with E-state index >= 15 is 0 Å². The van der Waals surface area contributed by atoms with Crippen LogP contribution in [0.4, 0.5) is 26.5 Å². The molecule has 12 N–H and O–H groups in total. The van der Waals surface area contributed by atoms with E-state index in [1.54, 1.807) is 0 Å². The molecule has 1 amide bonds. The minimum Gasteiger partial charge on any atom is -0.394 e. The van der Waals surface area contributed by atoms with Crippen LogP contribution in [0.1, 0.15) is 11.8 Å². The number of fused-ring (bicyclic) bond motifs is 2. The van der Waals surface area contributed by atoms with Crippen LogP contribution in [0.3, 0.4) is 0 Å². The zero-order chi connectivity index (χ0) is 38.1. The highest BCUT2D eigenvalue weighted by Crippen LogP contribution is 2.34. The summed E-state index contributed by atoms with van der Waals surface area (Å²) in [5.41, 5.74) is 8.07. The van der Waals surface area contributed by atoms with Crippen molar-refractivity contribution in [2.75, 3.05) is 46.6 Å². The number of aromatic nitrogens is 6. The second-order valence-corrected chi connectivity index (χ2v) is 11.4. The van der Waals surface area contributed by atoms with Gasteiger partial charge < -0.3 is 53.1 Å². The molecule has 0 aromatic carbocycles. The fourth-order valence-electron chi connectivity index (χ4n) is 5.40. The molecular weight excluding hydrogens is 756 g/mol. The Hall–Kier alpha value is -5.08. The van der Waals surface area contributed by atoms with Crippen LogP contribution in [0.25, 0.3) is 11.2 Å². The second-order valence-electron chi connectivity index (χ2n) is 10.9. The molecule has 8 atom stereocenters. The van der Waals surface area contributed by atoms with Crippen molar-refractivity contribution in [1.29, 1.82) is 0 Å². The van der Waals surface area contributed by atoms with Crippen LogP contribution in [0.15, 0.2) is 14.4 Å². The van der Waals surface area contributed by atoms with Crippen LogP contribution >= 0.6 is 15.9 Å². The summed E-state index contributed by atoms with van der Waals surface area (Å²) in [7, 11) is 0. The van der Waals surface area contributed by atoms with Gasteiger partial charge in [-0.15, -0.1) is 12.8 Å². The number of nitrogens with two attached hydrogens (primary N) is 4. The Morgan fingerprint density at radius 1 is 0.882 bits per heavy atom. The van der Waals surface area contributed by atoms with Crippen molar-refractivity contribution in [3.05, 3.63) is 36.8 Å². The van der Waals surface area contributed by atoms with Crippen molar-refractivity contribution in [3.63, 3.8) is 0 Å². The molecule has 6 rings (SSSR count). The lowest BCUT2D eigenvalue weighted by atomic mass is 10.1. The number of imidazole rings is 1. The number of ether oxygens (including phenoxy) is 2.